The van der Waals surface area contributed by atoms with E-state index in [-0.39, 0.29) is 12.1 Å². The molecule has 0 aromatic heterocycles. The Bertz CT molecular complexity index is 1040. The molecule has 6 nitrogen and oxygen atoms in total. The predicted octanol–water partition coefficient (Wildman–Crippen LogP) is 3.77. The van der Waals surface area contributed by atoms with Crippen LogP contribution in [0.5, 0.6) is 0 Å². The van der Waals surface area contributed by atoms with E-state index < -0.39 is 26.6 Å². The number of anilines is 1. The van der Waals surface area contributed by atoms with E-state index >= 15 is 0 Å². The molecule has 8 heteroatoms. The zero-order chi connectivity index (χ0) is 22.4. The number of sulfonamides is 1. The summed E-state index contributed by atoms with van der Waals surface area (Å²) >= 11 is 0. The second-order valence-electron chi connectivity index (χ2n) is 7.92. The number of carbonyl (C=O) groups excluding carboxylic acids is 1. The Kier molecular flexibility index (Phi) is 7.59. The van der Waals surface area contributed by atoms with Gasteiger partial charge in [-0.15, -0.1) is 6.58 Å². The molecule has 2 N–H and O–H groups in total. The molecular formula is C23H28FN3O3S. The lowest BCUT2D eigenvalue weighted by Crippen LogP contribution is -2.33. The molecule has 1 unspecified atom stereocenters. The topological polar surface area (TPSA) is 78.5 Å². The van der Waals surface area contributed by atoms with E-state index in [1.807, 2.05) is 24.3 Å². The maximum atomic E-state index is 14.1. The Morgan fingerprint density at radius 1 is 1.26 bits per heavy atom. The lowest BCUT2D eigenvalue weighted by Gasteiger charge is -2.30. The van der Waals surface area contributed by atoms with Gasteiger partial charge in [0.2, 0.25) is 10.0 Å². The van der Waals surface area contributed by atoms with Crippen molar-refractivity contribution in [2.24, 2.45) is 5.92 Å². The van der Waals surface area contributed by atoms with Crippen LogP contribution in [-0.4, -0.2) is 38.9 Å². The fourth-order valence-corrected chi connectivity index (χ4v) is 4.78. The van der Waals surface area contributed by atoms with Gasteiger partial charge in [0.05, 0.1) is 0 Å². The normalized spacial score (nSPS) is 17.3. The van der Waals surface area contributed by atoms with Crippen LogP contribution in [0.4, 0.5) is 10.1 Å². The monoisotopic (exact) mass is 445 g/mol. The summed E-state index contributed by atoms with van der Waals surface area (Å²) in [5, 5.41) is 2.73. The smallest absolute Gasteiger partial charge is 0.255 e. The second-order valence-corrected chi connectivity index (χ2v) is 9.65. The van der Waals surface area contributed by atoms with Crippen molar-refractivity contribution in [3.63, 3.8) is 0 Å². The van der Waals surface area contributed by atoms with Crippen LogP contribution in [-0.2, 0) is 16.6 Å². The van der Waals surface area contributed by atoms with Gasteiger partial charge in [-0.1, -0.05) is 25.1 Å². The first kappa shape index (κ1) is 23.1. The Labute approximate surface area is 183 Å². The Hall–Kier alpha value is -2.55. The van der Waals surface area contributed by atoms with E-state index in [0.717, 1.165) is 37.3 Å². The number of amides is 1. The number of rotatable bonds is 8. The van der Waals surface area contributed by atoms with Crippen LogP contribution in [0.1, 0.15) is 35.7 Å². The van der Waals surface area contributed by atoms with Gasteiger partial charge < -0.3 is 5.32 Å². The fraction of sp³-hybridized carbons (Fsp3) is 0.348. The van der Waals surface area contributed by atoms with Crippen molar-refractivity contribution in [3.8, 4) is 0 Å². The maximum absolute atomic E-state index is 14.1. The van der Waals surface area contributed by atoms with Crippen LogP contribution in [0, 0.1) is 11.7 Å². The molecule has 3 rings (SSSR count). The van der Waals surface area contributed by atoms with E-state index in [9.17, 15) is 17.6 Å². The average molecular weight is 446 g/mol. The van der Waals surface area contributed by atoms with Crippen LogP contribution in [0.3, 0.4) is 0 Å². The summed E-state index contributed by atoms with van der Waals surface area (Å²) in [5.74, 6) is -0.731. The molecule has 1 aliphatic rings. The van der Waals surface area contributed by atoms with Crippen molar-refractivity contribution in [2.75, 3.05) is 25.0 Å². The van der Waals surface area contributed by atoms with Crippen LogP contribution >= 0.6 is 0 Å². The molecule has 2 aromatic rings. The lowest BCUT2D eigenvalue weighted by molar-refractivity contribution is 0.102. The van der Waals surface area contributed by atoms with Gasteiger partial charge in [-0.2, -0.15) is 0 Å². The standard InChI is InChI=1S/C23H28FN3O3S/c1-3-12-25-31(29,30)22-14-19(8-11-21(22)24)23(28)26-20-9-6-18(7-10-20)16-27-13-4-5-17(2)15-27/h3,6-11,14,17,25H,1,4-5,12-13,15-16H2,2H3,(H,26,28). The van der Waals surface area contributed by atoms with E-state index in [1.165, 1.54) is 25.0 Å². The van der Waals surface area contributed by atoms with E-state index in [0.29, 0.717) is 11.6 Å². The van der Waals surface area contributed by atoms with E-state index in [1.54, 1.807) is 0 Å². The second kappa shape index (κ2) is 10.2. The minimum absolute atomic E-state index is 0.0408. The van der Waals surface area contributed by atoms with Crippen LogP contribution in [0.15, 0.2) is 60.0 Å². The highest BCUT2D eigenvalue weighted by molar-refractivity contribution is 7.89. The molecule has 1 aliphatic heterocycles. The van der Waals surface area contributed by atoms with Crippen LogP contribution in [0.2, 0.25) is 0 Å². The van der Waals surface area contributed by atoms with Crippen molar-refractivity contribution >= 4 is 21.6 Å². The number of piperidine rings is 1. The summed E-state index contributed by atoms with van der Waals surface area (Å²) < 4.78 is 40.7. The molecule has 0 radical (unpaired) electrons. The number of carbonyl (C=O) groups is 1. The number of nitrogens with zero attached hydrogens (tertiary/aromatic N) is 1. The van der Waals surface area contributed by atoms with E-state index in [2.05, 4.69) is 28.4 Å². The molecule has 1 heterocycles. The molecule has 0 bridgehead atoms. The van der Waals surface area contributed by atoms with Crippen molar-refractivity contribution in [1.29, 1.82) is 0 Å². The highest BCUT2D eigenvalue weighted by Crippen LogP contribution is 2.20. The third-order valence-corrected chi connectivity index (χ3v) is 6.70. The third-order valence-electron chi connectivity index (χ3n) is 5.26. The summed E-state index contributed by atoms with van der Waals surface area (Å²) in [7, 11) is -4.09. The summed E-state index contributed by atoms with van der Waals surface area (Å²) in [5.41, 5.74) is 1.79. The quantitative estimate of drug-likeness (QED) is 0.607. The summed E-state index contributed by atoms with van der Waals surface area (Å²) in [4.78, 5) is 14.4. The van der Waals surface area contributed by atoms with Crippen LogP contribution < -0.4 is 10.0 Å². The minimum atomic E-state index is -4.09. The zero-order valence-corrected chi connectivity index (χ0v) is 18.4. The fourth-order valence-electron chi connectivity index (χ4n) is 3.68. The van der Waals surface area contributed by atoms with Crippen molar-refractivity contribution < 1.29 is 17.6 Å². The SMILES string of the molecule is C=CCNS(=O)(=O)c1cc(C(=O)Nc2ccc(CN3CCCC(C)C3)cc2)ccc1F. The number of halogens is 1. The average Bonchev–Trinajstić information content (AvgIpc) is 2.74. The Balaban J connectivity index is 1.67. The van der Waals surface area contributed by atoms with Crippen molar-refractivity contribution in [1.82, 2.24) is 9.62 Å². The number of hydrogen-bond donors (Lipinski definition) is 2. The van der Waals surface area contributed by atoms with E-state index in [4.69, 9.17) is 0 Å². The largest absolute Gasteiger partial charge is 0.322 e. The number of nitrogens with one attached hydrogen (secondary N) is 2. The molecule has 1 saturated heterocycles. The molecular weight excluding hydrogens is 417 g/mol. The van der Waals surface area contributed by atoms with Crippen molar-refractivity contribution in [3.05, 3.63) is 72.1 Å². The summed E-state index contributed by atoms with van der Waals surface area (Å²) in [6.07, 6.45) is 3.84. The number of benzene rings is 2. The van der Waals surface area contributed by atoms with Gasteiger partial charge >= 0.3 is 0 Å². The molecule has 0 aliphatic carbocycles. The molecule has 1 fully saturated rings. The van der Waals surface area contributed by atoms with Gasteiger partial charge in [0, 0.05) is 30.9 Å². The Morgan fingerprint density at radius 3 is 2.68 bits per heavy atom. The van der Waals surface area contributed by atoms with Gasteiger partial charge in [-0.3, -0.25) is 9.69 Å². The van der Waals surface area contributed by atoms with Gasteiger partial charge in [-0.25, -0.2) is 17.5 Å². The highest BCUT2D eigenvalue weighted by Gasteiger charge is 2.21. The summed E-state index contributed by atoms with van der Waals surface area (Å²) in [6, 6.07) is 10.8. The number of hydrogen-bond acceptors (Lipinski definition) is 4. The summed E-state index contributed by atoms with van der Waals surface area (Å²) in [6.45, 7) is 8.72. The molecule has 31 heavy (non-hydrogen) atoms. The molecule has 1 amide bonds. The first-order valence-corrected chi connectivity index (χ1v) is 11.8. The van der Waals surface area contributed by atoms with Crippen LogP contribution in [0.25, 0.3) is 0 Å². The third kappa shape index (κ3) is 6.22. The Morgan fingerprint density at radius 2 is 2.00 bits per heavy atom. The van der Waals surface area contributed by atoms with Gasteiger partial charge in [-0.05, 0) is 61.2 Å². The maximum Gasteiger partial charge on any atom is 0.255 e. The first-order chi connectivity index (χ1) is 14.8. The molecule has 2 aromatic carbocycles. The molecule has 166 valence electrons. The predicted molar refractivity (Wildman–Crippen MR) is 120 cm³/mol. The molecule has 1 atom stereocenters. The first-order valence-electron chi connectivity index (χ1n) is 10.3. The highest BCUT2D eigenvalue weighted by atomic mass is 32.2. The molecule has 0 saturated carbocycles. The van der Waals surface area contributed by atoms with Gasteiger partial charge in [0.1, 0.15) is 10.7 Å². The zero-order valence-electron chi connectivity index (χ0n) is 17.6. The van der Waals surface area contributed by atoms with Gasteiger partial charge in [0.25, 0.3) is 5.91 Å². The van der Waals surface area contributed by atoms with Crippen molar-refractivity contribution in [2.45, 2.75) is 31.2 Å². The molecule has 0 spiro atoms. The van der Waals surface area contributed by atoms with Gasteiger partial charge in [0.15, 0.2) is 0 Å². The number of likely N-dealkylation sites (tertiary alicyclic amines) is 1. The lowest BCUT2D eigenvalue weighted by atomic mass is 10.00. The minimum Gasteiger partial charge on any atom is -0.322 e.